The van der Waals surface area contributed by atoms with Gasteiger partial charge in [0, 0.05) is 69.2 Å². The van der Waals surface area contributed by atoms with E-state index < -0.39 is 0 Å². The van der Waals surface area contributed by atoms with Crippen molar-refractivity contribution < 1.29 is 14.1 Å². The minimum Gasteiger partial charge on any atom is -0.360 e. The first kappa shape index (κ1) is 27.6. The molecule has 0 N–H and O–H groups in total. The molecule has 2 amide bonds. The predicted octanol–water partition coefficient (Wildman–Crippen LogP) is 5.60. The second kappa shape index (κ2) is 12.4. The van der Waals surface area contributed by atoms with E-state index in [9.17, 15) is 9.59 Å². The molecule has 0 saturated carbocycles. The average molecular weight is 558 g/mol. The first-order chi connectivity index (χ1) is 19.4. The summed E-state index contributed by atoms with van der Waals surface area (Å²) in [7, 11) is 0. The van der Waals surface area contributed by atoms with Crippen LogP contribution in [-0.4, -0.2) is 57.9 Å². The van der Waals surface area contributed by atoms with Gasteiger partial charge in [0.25, 0.3) is 5.91 Å². The van der Waals surface area contributed by atoms with Gasteiger partial charge >= 0.3 is 0 Å². The predicted molar refractivity (Wildman–Crippen MR) is 155 cm³/mol. The molecule has 0 bridgehead atoms. The number of aromatic nitrogens is 2. The molecule has 0 fully saturated rings. The zero-order chi connectivity index (χ0) is 28.1. The number of halogens is 1. The lowest BCUT2D eigenvalue weighted by molar-refractivity contribution is -0.116. The molecular weight excluding hydrogens is 526 g/mol. The number of aryl methyl sites for hydroxylation is 1. The average Bonchev–Trinajstić information content (AvgIpc) is 3.34. The van der Waals surface area contributed by atoms with Crippen molar-refractivity contribution in [2.45, 2.75) is 33.4 Å². The van der Waals surface area contributed by atoms with Crippen LogP contribution in [0.25, 0.3) is 11.3 Å². The third kappa shape index (κ3) is 6.24. The molecule has 1 aliphatic rings. The van der Waals surface area contributed by atoms with Crippen LogP contribution in [0.3, 0.4) is 0 Å². The maximum Gasteiger partial charge on any atom is 0.260 e. The Morgan fingerprint density at radius 1 is 0.975 bits per heavy atom. The SMILES string of the molecule is CC(=O)N1CCCN(Cc2ccccc2)CCN(C(=O)c2c(-c3ccncc3)noc2C)Cc2ccc(Cl)cc21. The Morgan fingerprint density at radius 3 is 2.50 bits per heavy atom. The standard InChI is InChI=1S/C31H32ClN5O3/c1-22-29(30(34-40-22)25-11-13-33-14-12-25)31(39)36-18-17-35(20-24-7-4-3-5-8-24)15-6-16-37(23(2)38)28-19-27(32)10-9-26(28)21-36/h3-5,7-14,19H,6,15-18,20-21H2,1-2H3. The molecule has 4 aromatic rings. The van der Waals surface area contributed by atoms with Crippen LogP contribution in [-0.2, 0) is 17.9 Å². The highest BCUT2D eigenvalue weighted by Crippen LogP contribution is 2.30. The van der Waals surface area contributed by atoms with Gasteiger partial charge in [-0.2, -0.15) is 0 Å². The highest BCUT2D eigenvalue weighted by atomic mass is 35.5. The maximum absolute atomic E-state index is 14.3. The minimum absolute atomic E-state index is 0.0647. The lowest BCUT2D eigenvalue weighted by Gasteiger charge is -2.28. The summed E-state index contributed by atoms with van der Waals surface area (Å²) in [5, 5.41) is 4.76. The molecule has 206 valence electrons. The summed E-state index contributed by atoms with van der Waals surface area (Å²) in [5.41, 5.74) is 4.45. The Labute approximate surface area is 239 Å². The monoisotopic (exact) mass is 557 g/mol. The Morgan fingerprint density at radius 2 is 1.75 bits per heavy atom. The summed E-state index contributed by atoms with van der Waals surface area (Å²) in [6.45, 7) is 6.84. The summed E-state index contributed by atoms with van der Waals surface area (Å²) in [6.07, 6.45) is 4.11. The second-order valence-electron chi connectivity index (χ2n) is 9.98. The molecular formula is C31H32ClN5O3. The summed E-state index contributed by atoms with van der Waals surface area (Å²) < 4.78 is 5.52. The molecule has 9 heteroatoms. The van der Waals surface area contributed by atoms with E-state index in [1.807, 2.05) is 47.4 Å². The quantitative estimate of drug-likeness (QED) is 0.325. The fraction of sp³-hybridized carbons (Fsp3) is 0.290. The van der Waals surface area contributed by atoms with E-state index in [1.54, 1.807) is 37.2 Å². The Kier molecular flexibility index (Phi) is 8.57. The Bertz CT molecular complexity index is 1480. The number of hydrogen-bond donors (Lipinski definition) is 0. The fourth-order valence-electron chi connectivity index (χ4n) is 5.14. The van der Waals surface area contributed by atoms with E-state index >= 15 is 0 Å². The van der Waals surface area contributed by atoms with Crippen molar-refractivity contribution >= 4 is 29.1 Å². The molecule has 2 aromatic carbocycles. The van der Waals surface area contributed by atoms with Crippen molar-refractivity contribution in [2.75, 3.05) is 31.1 Å². The summed E-state index contributed by atoms with van der Waals surface area (Å²) in [5.74, 6) is 0.207. The number of rotatable bonds is 4. The molecule has 0 atom stereocenters. The molecule has 8 nitrogen and oxygen atoms in total. The van der Waals surface area contributed by atoms with Crippen LogP contribution >= 0.6 is 11.6 Å². The van der Waals surface area contributed by atoms with Gasteiger partial charge in [-0.25, -0.2) is 0 Å². The topological polar surface area (TPSA) is 82.8 Å². The van der Waals surface area contributed by atoms with Crippen molar-refractivity contribution in [2.24, 2.45) is 0 Å². The van der Waals surface area contributed by atoms with Crippen LogP contribution < -0.4 is 4.90 Å². The van der Waals surface area contributed by atoms with Crippen LogP contribution in [0.5, 0.6) is 0 Å². The van der Waals surface area contributed by atoms with E-state index in [0.717, 1.165) is 36.3 Å². The fourth-order valence-corrected chi connectivity index (χ4v) is 5.31. The zero-order valence-electron chi connectivity index (χ0n) is 22.7. The van der Waals surface area contributed by atoms with Gasteiger partial charge in [0.05, 0.1) is 5.69 Å². The van der Waals surface area contributed by atoms with E-state index in [4.69, 9.17) is 16.1 Å². The number of amides is 2. The lowest BCUT2D eigenvalue weighted by atomic mass is 10.1. The number of benzene rings is 2. The van der Waals surface area contributed by atoms with E-state index in [1.165, 1.54) is 5.56 Å². The highest BCUT2D eigenvalue weighted by Gasteiger charge is 2.28. The van der Waals surface area contributed by atoms with Crippen LogP contribution in [0.2, 0.25) is 5.02 Å². The van der Waals surface area contributed by atoms with Crippen LogP contribution in [0.15, 0.2) is 77.6 Å². The first-order valence-corrected chi connectivity index (χ1v) is 13.8. The number of carbonyl (C=O) groups is 2. The molecule has 40 heavy (non-hydrogen) atoms. The van der Waals surface area contributed by atoms with Gasteiger partial charge in [0.2, 0.25) is 5.91 Å². The van der Waals surface area contributed by atoms with Crippen LogP contribution in [0.4, 0.5) is 5.69 Å². The van der Waals surface area contributed by atoms with Gasteiger partial charge in [-0.3, -0.25) is 19.5 Å². The van der Waals surface area contributed by atoms with E-state index in [0.29, 0.717) is 48.2 Å². The van der Waals surface area contributed by atoms with Crippen molar-refractivity contribution in [3.8, 4) is 11.3 Å². The number of carbonyl (C=O) groups excluding carboxylic acids is 2. The second-order valence-corrected chi connectivity index (χ2v) is 10.4. The number of nitrogens with zero attached hydrogens (tertiary/aromatic N) is 5. The number of fused-ring (bicyclic) bond motifs is 1. The Balaban J connectivity index is 1.53. The summed E-state index contributed by atoms with van der Waals surface area (Å²) in [4.78, 5) is 37.1. The molecule has 0 aliphatic carbocycles. The molecule has 3 heterocycles. The number of anilines is 1. The van der Waals surface area contributed by atoms with Crippen LogP contribution in [0, 0.1) is 6.92 Å². The molecule has 0 spiro atoms. The minimum atomic E-state index is -0.181. The normalized spacial score (nSPS) is 14.9. The van der Waals surface area contributed by atoms with Crippen molar-refractivity contribution in [1.29, 1.82) is 0 Å². The third-order valence-electron chi connectivity index (χ3n) is 7.19. The maximum atomic E-state index is 14.3. The lowest BCUT2D eigenvalue weighted by Crippen LogP contribution is -2.38. The number of pyridine rings is 1. The molecule has 0 saturated heterocycles. The van der Waals surface area contributed by atoms with Gasteiger partial charge in [-0.15, -0.1) is 0 Å². The largest absolute Gasteiger partial charge is 0.360 e. The number of hydrogen-bond acceptors (Lipinski definition) is 6. The molecule has 1 aliphatic heterocycles. The Hall–Kier alpha value is -4.01. The van der Waals surface area contributed by atoms with Gasteiger partial charge < -0.3 is 14.3 Å². The molecule has 2 aromatic heterocycles. The van der Waals surface area contributed by atoms with Gasteiger partial charge in [-0.05, 0) is 48.7 Å². The smallest absolute Gasteiger partial charge is 0.260 e. The first-order valence-electron chi connectivity index (χ1n) is 13.4. The highest BCUT2D eigenvalue weighted by molar-refractivity contribution is 6.31. The molecule has 5 rings (SSSR count). The zero-order valence-corrected chi connectivity index (χ0v) is 23.5. The van der Waals surface area contributed by atoms with Crippen molar-refractivity contribution in [1.82, 2.24) is 19.9 Å². The molecule has 0 radical (unpaired) electrons. The van der Waals surface area contributed by atoms with E-state index in [-0.39, 0.29) is 11.8 Å². The summed E-state index contributed by atoms with van der Waals surface area (Å²) in [6, 6.07) is 19.4. The molecule has 0 unspecified atom stereocenters. The van der Waals surface area contributed by atoms with Crippen molar-refractivity contribution in [3.05, 3.63) is 101 Å². The van der Waals surface area contributed by atoms with Gasteiger partial charge in [0.1, 0.15) is 17.0 Å². The van der Waals surface area contributed by atoms with Gasteiger partial charge in [0.15, 0.2) is 0 Å². The van der Waals surface area contributed by atoms with Crippen LogP contribution in [0.1, 0.15) is 40.6 Å². The van der Waals surface area contributed by atoms with Gasteiger partial charge in [-0.1, -0.05) is 53.2 Å². The summed E-state index contributed by atoms with van der Waals surface area (Å²) >= 11 is 6.40. The van der Waals surface area contributed by atoms with E-state index in [2.05, 4.69) is 27.2 Å². The van der Waals surface area contributed by atoms with Crippen molar-refractivity contribution in [3.63, 3.8) is 0 Å². The third-order valence-corrected chi connectivity index (χ3v) is 7.42.